The van der Waals surface area contributed by atoms with Gasteiger partial charge in [0.15, 0.2) is 0 Å². The van der Waals surface area contributed by atoms with Crippen molar-refractivity contribution in [1.82, 2.24) is 4.90 Å². The lowest BCUT2D eigenvalue weighted by Crippen LogP contribution is -2.48. The van der Waals surface area contributed by atoms with E-state index in [0.717, 1.165) is 44.6 Å². The zero-order chi connectivity index (χ0) is 14.9. The molecular weight excluding hydrogens is 260 g/mol. The molecular formula is C18H28N2O. The number of anilines is 1. The van der Waals surface area contributed by atoms with Crippen molar-refractivity contribution < 1.29 is 4.74 Å². The van der Waals surface area contributed by atoms with Gasteiger partial charge in [-0.2, -0.15) is 0 Å². The third kappa shape index (κ3) is 3.18. The van der Waals surface area contributed by atoms with Crippen LogP contribution >= 0.6 is 0 Å². The summed E-state index contributed by atoms with van der Waals surface area (Å²) in [5.41, 5.74) is 2.62. The molecule has 3 heteroatoms. The molecule has 0 unspecified atom stereocenters. The zero-order valence-corrected chi connectivity index (χ0v) is 13.6. The Hall–Kier alpha value is -1.22. The molecule has 3 nitrogen and oxygen atoms in total. The van der Waals surface area contributed by atoms with Gasteiger partial charge in [-0.3, -0.25) is 0 Å². The van der Waals surface area contributed by atoms with Crippen LogP contribution in [0.5, 0.6) is 5.75 Å². The number of hydrogen-bond acceptors (Lipinski definition) is 3. The molecule has 0 amide bonds. The minimum absolute atomic E-state index is 0.0159. The smallest absolute Gasteiger partial charge is 0.125 e. The molecule has 1 aromatic rings. The average molecular weight is 288 g/mol. The van der Waals surface area contributed by atoms with Crippen molar-refractivity contribution in [3.63, 3.8) is 0 Å². The molecule has 0 aromatic heterocycles. The molecule has 1 fully saturated rings. The van der Waals surface area contributed by atoms with E-state index < -0.39 is 0 Å². The van der Waals surface area contributed by atoms with Crippen LogP contribution in [0.25, 0.3) is 0 Å². The molecule has 2 heterocycles. The van der Waals surface area contributed by atoms with E-state index in [4.69, 9.17) is 4.74 Å². The summed E-state index contributed by atoms with van der Waals surface area (Å²) in [6.45, 7) is 10.2. The van der Waals surface area contributed by atoms with E-state index in [9.17, 15) is 0 Å². The summed E-state index contributed by atoms with van der Waals surface area (Å²) in [4.78, 5) is 2.55. The molecule has 0 spiro atoms. The van der Waals surface area contributed by atoms with E-state index in [1.54, 1.807) is 0 Å². The number of ether oxygens (including phenoxy) is 1. The predicted octanol–water partition coefficient (Wildman–Crippen LogP) is 3.69. The molecule has 0 atom stereocenters. The first-order chi connectivity index (χ1) is 10.1. The van der Waals surface area contributed by atoms with E-state index in [2.05, 4.69) is 49.2 Å². The number of fused-ring (bicyclic) bond motifs is 1. The maximum atomic E-state index is 6.50. The van der Waals surface area contributed by atoms with Gasteiger partial charge in [-0.25, -0.2) is 0 Å². The molecule has 2 aliphatic rings. The highest BCUT2D eigenvalue weighted by atomic mass is 16.5. The normalized spacial score (nSPS) is 21.7. The first-order valence-corrected chi connectivity index (χ1v) is 8.36. The SMILES string of the molecule is CC(C)N1CCC(C)(Oc2cccc3c2CCCN3)CC1. The van der Waals surface area contributed by atoms with E-state index in [0.29, 0.717) is 6.04 Å². The highest BCUT2D eigenvalue weighted by molar-refractivity contribution is 5.59. The fraction of sp³-hybridized carbons (Fsp3) is 0.667. The number of rotatable bonds is 3. The topological polar surface area (TPSA) is 24.5 Å². The molecule has 0 radical (unpaired) electrons. The third-order valence-electron chi connectivity index (χ3n) is 4.99. The predicted molar refractivity (Wildman–Crippen MR) is 88.2 cm³/mol. The number of nitrogens with one attached hydrogen (secondary N) is 1. The summed E-state index contributed by atoms with van der Waals surface area (Å²) in [6, 6.07) is 7.07. The summed E-state index contributed by atoms with van der Waals surface area (Å²) in [5, 5.41) is 3.49. The van der Waals surface area contributed by atoms with Crippen molar-refractivity contribution in [2.24, 2.45) is 0 Å². The molecule has 0 saturated carbocycles. The van der Waals surface area contributed by atoms with Crippen LogP contribution in [-0.4, -0.2) is 36.2 Å². The van der Waals surface area contributed by atoms with Gasteiger partial charge in [-0.1, -0.05) is 6.07 Å². The van der Waals surface area contributed by atoms with Gasteiger partial charge >= 0.3 is 0 Å². The molecule has 0 aliphatic carbocycles. The Morgan fingerprint density at radius 1 is 1.24 bits per heavy atom. The molecule has 3 rings (SSSR count). The van der Waals surface area contributed by atoms with Gasteiger partial charge in [-0.15, -0.1) is 0 Å². The van der Waals surface area contributed by atoms with Gasteiger partial charge < -0.3 is 15.0 Å². The van der Waals surface area contributed by atoms with Crippen molar-refractivity contribution in [3.05, 3.63) is 23.8 Å². The molecule has 116 valence electrons. The molecule has 1 saturated heterocycles. The van der Waals surface area contributed by atoms with Gasteiger partial charge in [0.05, 0.1) is 0 Å². The quantitative estimate of drug-likeness (QED) is 0.918. The Morgan fingerprint density at radius 2 is 2.00 bits per heavy atom. The summed E-state index contributed by atoms with van der Waals surface area (Å²) < 4.78 is 6.50. The molecule has 21 heavy (non-hydrogen) atoms. The van der Waals surface area contributed by atoms with Gasteiger partial charge in [0.1, 0.15) is 11.4 Å². The third-order valence-corrected chi connectivity index (χ3v) is 4.99. The highest BCUT2D eigenvalue weighted by Crippen LogP contribution is 2.35. The van der Waals surface area contributed by atoms with Gasteiger partial charge in [-0.05, 0) is 58.6 Å². The van der Waals surface area contributed by atoms with Crippen LogP contribution in [0.1, 0.15) is 45.6 Å². The molecule has 1 aromatic carbocycles. The maximum absolute atomic E-state index is 6.50. The van der Waals surface area contributed by atoms with Crippen molar-refractivity contribution >= 4 is 5.69 Å². The van der Waals surface area contributed by atoms with Crippen molar-refractivity contribution in [2.45, 2.75) is 58.1 Å². The summed E-state index contributed by atoms with van der Waals surface area (Å²) >= 11 is 0. The van der Waals surface area contributed by atoms with Crippen molar-refractivity contribution in [3.8, 4) is 5.75 Å². The number of likely N-dealkylation sites (tertiary alicyclic amines) is 1. The first-order valence-electron chi connectivity index (χ1n) is 8.36. The number of piperidine rings is 1. The fourth-order valence-corrected chi connectivity index (χ4v) is 3.45. The van der Waals surface area contributed by atoms with Crippen LogP contribution in [0.2, 0.25) is 0 Å². The minimum atomic E-state index is -0.0159. The molecule has 0 bridgehead atoms. The Morgan fingerprint density at radius 3 is 2.71 bits per heavy atom. The molecule has 2 aliphatic heterocycles. The Labute approximate surface area is 128 Å². The second kappa shape index (κ2) is 5.88. The lowest BCUT2D eigenvalue weighted by atomic mass is 9.92. The van der Waals surface area contributed by atoms with Crippen LogP contribution in [0.15, 0.2) is 18.2 Å². The number of benzene rings is 1. The summed E-state index contributed by atoms with van der Waals surface area (Å²) in [6.07, 6.45) is 4.56. The van der Waals surface area contributed by atoms with Crippen LogP contribution in [0, 0.1) is 0 Å². The Bertz CT molecular complexity index is 490. The largest absolute Gasteiger partial charge is 0.487 e. The van der Waals surface area contributed by atoms with E-state index >= 15 is 0 Å². The number of hydrogen-bond donors (Lipinski definition) is 1. The van der Waals surface area contributed by atoms with Crippen LogP contribution in [-0.2, 0) is 6.42 Å². The maximum Gasteiger partial charge on any atom is 0.125 e. The van der Waals surface area contributed by atoms with Gasteiger partial charge in [0, 0.05) is 36.9 Å². The van der Waals surface area contributed by atoms with Crippen molar-refractivity contribution in [2.75, 3.05) is 25.0 Å². The van der Waals surface area contributed by atoms with Crippen LogP contribution < -0.4 is 10.1 Å². The fourth-order valence-electron chi connectivity index (χ4n) is 3.45. The number of nitrogens with zero attached hydrogens (tertiary/aromatic N) is 1. The van der Waals surface area contributed by atoms with Crippen LogP contribution in [0.4, 0.5) is 5.69 Å². The van der Waals surface area contributed by atoms with Crippen LogP contribution in [0.3, 0.4) is 0 Å². The standard InChI is InChI=1S/C18H28N2O/c1-14(2)20-12-9-18(3,10-13-20)21-17-8-4-7-16-15(17)6-5-11-19-16/h4,7-8,14,19H,5-6,9-13H2,1-3H3. The highest BCUT2D eigenvalue weighted by Gasteiger charge is 2.33. The van der Waals surface area contributed by atoms with Gasteiger partial charge in [0.2, 0.25) is 0 Å². The first kappa shape index (κ1) is 14.7. The Kier molecular flexibility index (Phi) is 4.12. The van der Waals surface area contributed by atoms with Crippen molar-refractivity contribution in [1.29, 1.82) is 0 Å². The molecule has 1 N–H and O–H groups in total. The second-order valence-corrected chi connectivity index (χ2v) is 6.99. The minimum Gasteiger partial charge on any atom is -0.487 e. The Balaban J connectivity index is 1.72. The average Bonchev–Trinajstić information content (AvgIpc) is 2.48. The van der Waals surface area contributed by atoms with E-state index in [1.165, 1.54) is 17.7 Å². The monoisotopic (exact) mass is 288 g/mol. The van der Waals surface area contributed by atoms with E-state index in [-0.39, 0.29) is 5.60 Å². The lowest BCUT2D eigenvalue weighted by molar-refractivity contribution is 0.00736. The summed E-state index contributed by atoms with van der Waals surface area (Å²) in [7, 11) is 0. The van der Waals surface area contributed by atoms with Gasteiger partial charge in [0.25, 0.3) is 0 Å². The zero-order valence-electron chi connectivity index (χ0n) is 13.6. The van der Waals surface area contributed by atoms with E-state index in [1.807, 2.05) is 0 Å². The summed E-state index contributed by atoms with van der Waals surface area (Å²) in [5.74, 6) is 1.10. The lowest BCUT2D eigenvalue weighted by Gasteiger charge is -2.41. The second-order valence-electron chi connectivity index (χ2n) is 6.99.